The highest BCUT2D eigenvalue weighted by Gasteiger charge is 2.37. The van der Waals surface area contributed by atoms with Crippen molar-refractivity contribution in [2.45, 2.75) is 58.2 Å². The Morgan fingerprint density at radius 2 is 1.65 bits per heavy atom. The van der Waals surface area contributed by atoms with Crippen LogP contribution in [-0.2, 0) is 25.7 Å². The summed E-state index contributed by atoms with van der Waals surface area (Å²) < 4.78 is 22.0. The van der Waals surface area contributed by atoms with Crippen molar-refractivity contribution in [2.24, 2.45) is 0 Å². The summed E-state index contributed by atoms with van der Waals surface area (Å²) in [5, 5.41) is 5.88. The van der Waals surface area contributed by atoms with Crippen LogP contribution in [0.5, 0.6) is 17.2 Å². The van der Waals surface area contributed by atoms with Gasteiger partial charge in [0.2, 0.25) is 11.7 Å². The number of ether oxygens (including phenoxy) is 4. The summed E-state index contributed by atoms with van der Waals surface area (Å²) in [7, 11) is 3.03. The highest BCUT2D eigenvalue weighted by molar-refractivity contribution is 6.38. The van der Waals surface area contributed by atoms with E-state index in [1.165, 1.54) is 25.3 Å². The van der Waals surface area contributed by atoms with E-state index in [2.05, 4.69) is 20.5 Å². The molecule has 2 saturated heterocycles. The van der Waals surface area contributed by atoms with Crippen molar-refractivity contribution in [2.75, 3.05) is 66.6 Å². The number of pyridine rings is 1. The van der Waals surface area contributed by atoms with Crippen molar-refractivity contribution in [3.05, 3.63) is 59.8 Å². The highest BCUT2D eigenvalue weighted by atomic mass is 16.6. The molecule has 5 rings (SSSR count). The topological polar surface area (TPSA) is 169 Å². The molecule has 290 valence electrons. The number of carbonyl (C=O) groups excluding carboxylic acids is 5. The summed E-state index contributed by atoms with van der Waals surface area (Å²) in [6, 6.07) is 11.2. The van der Waals surface area contributed by atoms with E-state index in [9.17, 15) is 24.0 Å². The van der Waals surface area contributed by atoms with Crippen LogP contribution < -0.4 is 24.8 Å². The van der Waals surface area contributed by atoms with Crippen molar-refractivity contribution in [1.29, 1.82) is 0 Å². The third-order valence-electron chi connectivity index (χ3n) is 9.27. The van der Waals surface area contributed by atoms with Crippen LogP contribution in [0.15, 0.2) is 48.7 Å². The van der Waals surface area contributed by atoms with Gasteiger partial charge in [-0.05, 0) is 82.0 Å². The molecule has 15 heteroatoms. The standard InChI is InChI=1S/C39H50N6O9/c1-39(2,3)54-38(50)44-19-17-43(18-20-44)15-7-21-53-27-10-11-30-29(23-27)28(13-14-40-30)36(48)42-25-34(46)45-16-6-8-31(45)35(47)37(49)41-24-26-9-12-32(51-4)33(22-26)52-5/h9-14,22-23,31H,6-8,15-21,24-25H2,1-5H3,(H,41,49)(H,42,48)/t31-/m0/s1. The number of methoxy groups -OCH3 is 2. The normalized spacial score (nSPS) is 16.1. The number of carbonyl (C=O) groups is 5. The number of hydrogen-bond acceptors (Lipinski definition) is 11. The zero-order chi connectivity index (χ0) is 38.8. The number of nitrogens with zero attached hydrogens (tertiary/aromatic N) is 4. The van der Waals surface area contributed by atoms with Gasteiger partial charge in [0.15, 0.2) is 11.5 Å². The van der Waals surface area contributed by atoms with E-state index in [1.807, 2.05) is 20.8 Å². The van der Waals surface area contributed by atoms with Gasteiger partial charge in [-0.1, -0.05) is 6.07 Å². The largest absolute Gasteiger partial charge is 0.494 e. The summed E-state index contributed by atoms with van der Waals surface area (Å²) in [5.41, 5.74) is 1.10. The highest BCUT2D eigenvalue weighted by Crippen LogP contribution is 2.28. The fourth-order valence-electron chi connectivity index (χ4n) is 6.47. The number of hydrogen-bond donors (Lipinski definition) is 2. The molecule has 0 bridgehead atoms. The molecule has 0 saturated carbocycles. The van der Waals surface area contributed by atoms with Gasteiger partial charge in [0.05, 0.1) is 38.5 Å². The number of piperazine rings is 1. The number of likely N-dealkylation sites (tertiary alicyclic amines) is 1. The molecule has 2 N–H and O–H groups in total. The molecular weight excluding hydrogens is 696 g/mol. The molecule has 1 atom stereocenters. The van der Waals surface area contributed by atoms with E-state index in [-0.39, 0.29) is 19.2 Å². The molecule has 2 aromatic carbocycles. The number of Topliss-reactive ketones (excluding diaryl/α,β-unsaturated/α-hetero) is 1. The van der Waals surface area contributed by atoms with Crippen LogP contribution in [-0.4, -0.2) is 128 Å². The zero-order valence-corrected chi connectivity index (χ0v) is 31.6. The molecule has 1 aromatic heterocycles. The van der Waals surface area contributed by atoms with E-state index in [0.717, 1.165) is 26.1 Å². The maximum atomic E-state index is 13.4. The Morgan fingerprint density at radius 1 is 0.889 bits per heavy atom. The Kier molecular flexibility index (Phi) is 13.3. The van der Waals surface area contributed by atoms with Crippen molar-refractivity contribution >= 4 is 40.5 Å². The number of nitrogens with one attached hydrogen (secondary N) is 2. The smallest absolute Gasteiger partial charge is 0.410 e. The van der Waals surface area contributed by atoms with Crippen LogP contribution in [0.2, 0.25) is 0 Å². The summed E-state index contributed by atoms with van der Waals surface area (Å²) in [4.78, 5) is 74.6. The number of fused-ring (bicyclic) bond motifs is 1. The lowest BCUT2D eigenvalue weighted by atomic mass is 10.1. The minimum Gasteiger partial charge on any atom is -0.494 e. The SMILES string of the molecule is COc1ccc(CNC(=O)C(=O)[C@@H]2CCCN2C(=O)CNC(=O)c2ccnc3ccc(OCCCN4CCN(C(=O)OC(C)(C)C)CC4)cc23)cc1OC. The second-order valence-corrected chi connectivity index (χ2v) is 14.2. The Balaban J connectivity index is 1.09. The summed E-state index contributed by atoms with van der Waals surface area (Å²) in [6.07, 6.45) is 2.92. The molecule has 0 spiro atoms. The molecule has 3 aromatic rings. The third-order valence-corrected chi connectivity index (χ3v) is 9.27. The first-order valence-electron chi connectivity index (χ1n) is 18.2. The molecule has 0 unspecified atom stereocenters. The summed E-state index contributed by atoms with van der Waals surface area (Å²) >= 11 is 0. The van der Waals surface area contributed by atoms with Crippen LogP contribution in [0.4, 0.5) is 4.79 Å². The fraction of sp³-hybridized carbons (Fsp3) is 0.487. The van der Waals surface area contributed by atoms with Crippen molar-refractivity contribution < 1.29 is 42.9 Å². The molecule has 15 nitrogen and oxygen atoms in total. The van der Waals surface area contributed by atoms with Gasteiger partial charge in [0, 0.05) is 57.4 Å². The second kappa shape index (κ2) is 18.1. The predicted molar refractivity (Wildman–Crippen MR) is 200 cm³/mol. The quantitative estimate of drug-likeness (QED) is 0.184. The molecule has 0 radical (unpaired) electrons. The van der Waals surface area contributed by atoms with E-state index in [4.69, 9.17) is 18.9 Å². The lowest BCUT2D eigenvalue weighted by Gasteiger charge is -2.35. The van der Waals surface area contributed by atoms with Crippen LogP contribution >= 0.6 is 0 Å². The first-order valence-corrected chi connectivity index (χ1v) is 18.2. The Hall–Kier alpha value is -5.44. The van der Waals surface area contributed by atoms with E-state index in [0.29, 0.717) is 78.4 Å². The van der Waals surface area contributed by atoms with Gasteiger partial charge in [-0.15, -0.1) is 0 Å². The number of aromatic nitrogens is 1. The lowest BCUT2D eigenvalue weighted by Crippen LogP contribution is -2.50. The van der Waals surface area contributed by atoms with Crippen molar-refractivity contribution in [1.82, 2.24) is 30.3 Å². The molecule has 54 heavy (non-hydrogen) atoms. The monoisotopic (exact) mass is 746 g/mol. The Labute approximate surface area is 315 Å². The second-order valence-electron chi connectivity index (χ2n) is 14.2. The Bertz CT molecular complexity index is 1840. The summed E-state index contributed by atoms with van der Waals surface area (Å²) in [5.74, 6) is -0.819. The van der Waals surface area contributed by atoms with Gasteiger partial charge < -0.3 is 39.4 Å². The van der Waals surface area contributed by atoms with Gasteiger partial charge in [-0.3, -0.25) is 29.1 Å². The lowest BCUT2D eigenvalue weighted by molar-refractivity contribution is -0.144. The zero-order valence-electron chi connectivity index (χ0n) is 31.6. The minimum atomic E-state index is -0.914. The maximum Gasteiger partial charge on any atom is 0.410 e. The molecule has 4 amide bonds. The van der Waals surface area contributed by atoms with Gasteiger partial charge in [-0.25, -0.2) is 4.79 Å². The number of benzene rings is 2. The van der Waals surface area contributed by atoms with E-state index < -0.39 is 35.1 Å². The van der Waals surface area contributed by atoms with Crippen LogP contribution in [0, 0.1) is 0 Å². The molecule has 2 aliphatic rings. The van der Waals surface area contributed by atoms with Crippen molar-refractivity contribution in [3.8, 4) is 17.2 Å². The molecular formula is C39H50N6O9. The van der Waals surface area contributed by atoms with Gasteiger partial charge in [0.25, 0.3) is 11.8 Å². The number of ketones is 1. The molecule has 2 fully saturated rings. The number of amides is 4. The van der Waals surface area contributed by atoms with Crippen molar-refractivity contribution in [3.63, 3.8) is 0 Å². The average molecular weight is 747 g/mol. The molecule has 3 heterocycles. The molecule has 0 aliphatic carbocycles. The fourth-order valence-corrected chi connectivity index (χ4v) is 6.47. The average Bonchev–Trinajstić information content (AvgIpc) is 3.66. The summed E-state index contributed by atoms with van der Waals surface area (Å²) in [6.45, 7) is 9.63. The first-order chi connectivity index (χ1) is 25.9. The van der Waals surface area contributed by atoms with Gasteiger partial charge >= 0.3 is 6.09 Å². The minimum absolute atomic E-state index is 0.0879. The first kappa shape index (κ1) is 39.8. The maximum absolute atomic E-state index is 13.4. The Morgan fingerprint density at radius 3 is 2.37 bits per heavy atom. The van der Waals surface area contributed by atoms with Gasteiger partial charge in [-0.2, -0.15) is 0 Å². The molecule has 2 aliphatic heterocycles. The van der Waals surface area contributed by atoms with Crippen LogP contribution in [0.3, 0.4) is 0 Å². The van der Waals surface area contributed by atoms with Gasteiger partial charge in [0.1, 0.15) is 17.4 Å². The van der Waals surface area contributed by atoms with E-state index in [1.54, 1.807) is 47.4 Å². The van der Waals surface area contributed by atoms with E-state index >= 15 is 0 Å². The van der Waals surface area contributed by atoms with Crippen LogP contribution in [0.25, 0.3) is 10.9 Å². The predicted octanol–water partition coefficient (Wildman–Crippen LogP) is 3.18. The van der Waals surface area contributed by atoms with Crippen LogP contribution in [0.1, 0.15) is 56.0 Å². The number of rotatable bonds is 14. The third kappa shape index (κ3) is 10.4.